The van der Waals surface area contributed by atoms with Gasteiger partial charge >= 0.3 is 0 Å². The lowest BCUT2D eigenvalue weighted by Crippen LogP contribution is -2.37. The fourth-order valence-electron chi connectivity index (χ4n) is 3.66. The monoisotopic (exact) mass is 546 g/mol. The van der Waals surface area contributed by atoms with E-state index in [0.717, 1.165) is 51.0 Å². The zero-order valence-electron chi connectivity index (χ0n) is 18.4. The number of ether oxygens (including phenoxy) is 1. The molecule has 0 unspecified atom stereocenters. The maximum absolute atomic E-state index is 5.47. The van der Waals surface area contributed by atoms with E-state index in [1.807, 2.05) is 16.9 Å². The average molecular weight is 546 g/mol. The Balaban J connectivity index is 0.00000289. The summed E-state index contributed by atoms with van der Waals surface area (Å²) in [6, 6.07) is 18.9. The molecule has 0 spiro atoms. The Labute approximate surface area is 206 Å². The number of rotatable bonds is 7. The summed E-state index contributed by atoms with van der Waals surface area (Å²) < 4.78 is 7.32. The van der Waals surface area contributed by atoms with Crippen LogP contribution in [0.1, 0.15) is 16.7 Å². The Morgan fingerprint density at radius 3 is 2.38 bits per heavy atom. The third kappa shape index (κ3) is 6.78. The lowest BCUT2D eigenvalue weighted by molar-refractivity contribution is 0.0341. The summed E-state index contributed by atoms with van der Waals surface area (Å²) in [7, 11) is 1.80. The van der Waals surface area contributed by atoms with Gasteiger partial charge < -0.3 is 15.4 Å². The summed E-state index contributed by atoms with van der Waals surface area (Å²) in [5.74, 6) is 0.789. The van der Waals surface area contributed by atoms with Crippen molar-refractivity contribution in [2.24, 2.45) is 4.99 Å². The Bertz CT molecular complexity index is 968. The highest BCUT2D eigenvalue weighted by Gasteiger charge is 2.12. The molecule has 8 heteroatoms. The lowest BCUT2D eigenvalue weighted by Gasteiger charge is -2.27. The Kier molecular flexibility index (Phi) is 9.51. The van der Waals surface area contributed by atoms with Crippen molar-refractivity contribution in [2.75, 3.05) is 33.4 Å². The average Bonchev–Trinajstić information content (AvgIpc) is 3.36. The van der Waals surface area contributed by atoms with Crippen LogP contribution in [-0.4, -0.2) is 54.0 Å². The first kappa shape index (κ1) is 24.2. The van der Waals surface area contributed by atoms with Crippen molar-refractivity contribution in [3.05, 3.63) is 83.7 Å². The van der Waals surface area contributed by atoms with Crippen LogP contribution in [0.2, 0.25) is 0 Å². The van der Waals surface area contributed by atoms with Crippen molar-refractivity contribution >= 4 is 29.9 Å². The first-order chi connectivity index (χ1) is 15.3. The van der Waals surface area contributed by atoms with Crippen molar-refractivity contribution < 1.29 is 4.74 Å². The molecule has 0 radical (unpaired) electrons. The maximum Gasteiger partial charge on any atom is 0.191 e. The summed E-state index contributed by atoms with van der Waals surface area (Å²) in [5.41, 5.74) is 4.88. The number of hydrogen-bond acceptors (Lipinski definition) is 4. The predicted molar refractivity (Wildman–Crippen MR) is 139 cm³/mol. The van der Waals surface area contributed by atoms with E-state index in [1.165, 1.54) is 16.7 Å². The number of nitrogens with one attached hydrogen (secondary N) is 2. The Morgan fingerprint density at radius 2 is 1.69 bits per heavy atom. The van der Waals surface area contributed by atoms with Crippen LogP contribution in [0.5, 0.6) is 0 Å². The second-order valence-corrected chi connectivity index (χ2v) is 7.55. The zero-order chi connectivity index (χ0) is 21.3. The maximum atomic E-state index is 5.47. The summed E-state index contributed by atoms with van der Waals surface area (Å²) >= 11 is 0. The van der Waals surface area contributed by atoms with Crippen LogP contribution in [0.25, 0.3) is 5.69 Å². The second-order valence-electron chi connectivity index (χ2n) is 7.55. The number of hydrogen-bond donors (Lipinski definition) is 2. The molecule has 0 amide bonds. The van der Waals surface area contributed by atoms with Gasteiger partial charge in [-0.1, -0.05) is 36.4 Å². The molecule has 1 saturated heterocycles. The van der Waals surface area contributed by atoms with Crippen molar-refractivity contribution in [2.45, 2.75) is 19.6 Å². The number of guanidine groups is 1. The van der Waals surface area contributed by atoms with Crippen molar-refractivity contribution in [3.8, 4) is 5.69 Å². The molecule has 3 aromatic rings. The third-order valence-electron chi connectivity index (χ3n) is 5.45. The van der Waals surface area contributed by atoms with E-state index in [1.54, 1.807) is 13.2 Å². The van der Waals surface area contributed by atoms with Gasteiger partial charge in [0.2, 0.25) is 0 Å². The standard InChI is InChI=1S/C24H30N6O.HI/c1-25-24(26-17-20-7-9-23(10-8-20)30-12-4-11-28-30)27-18-21-5-2-3-6-22(21)19-29-13-15-31-16-14-29;/h2-12H,13-19H2,1H3,(H2,25,26,27);1H. The third-order valence-corrected chi connectivity index (χ3v) is 5.45. The lowest BCUT2D eigenvalue weighted by atomic mass is 10.1. The summed E-state index contributed by atoms with van der Waals surface area (Å²) in [6.45, 7) is 6.01. The zero-order valence-corrected chi connectivity index (χ0v) is 20.7. The topological polar surface area (TPSA) is 66.7 Å². The quantitative estimate of drug-likeness (QED) is 0.271. The van der Waals surface area contributed by atoms with E-state index >= 15 is 0 Å². The van der Waals surface area contributed by atoms with Crippen molar-refractivity contribution in [3.63, 3.8) is 0 Å². The Hall–Kier alpha value is -2.43. The number of aliphatic imine (C=N–C) groups is 1. The number of benzene rings is 2. The molecule has 2 N–H and O–H groups in total. The highest BCUT2D eigenvalue weighted by molar-refractivity contribution is 14.0. The van der Waals surface area contributed by atoms with Crippen LogP contribution in [0.3, 0.4) is 0 Å². The van der Waals surface area contributed by atoms with Gasteiger partial charge in [-0.3, -0.25) is 9.89 Å². The molecule has 2 heterocycles. The van der Waals surface area contributed by atoms with E-state index in [9.17, 15) is 0 Å². The van der Waals surface area contributed by atoms with Crippen LogP contribution in [-0.2, 0) is 24.4 Å². The molecular formula is C24H31IN6O. The van der Waals surface area contributed by atoms with Gasteiger partial charge in [0.1, 0.15) is 0 Å². The minimum Gasteiger partial charge on any atom is -0.379 e. The molecule has 2 aromatic carbocycles. The molecule has 170 valence electrons. The fourth-order valence-corrected chi connectivity index (χ4v) is 3.66. The summed E-state index contributed by atoms with van der Waals surface area (Å²) in [5, 5.41) is 11.1. The normalized spacial score (nSPS) is 14.6. The SMILES string of the molecule is CN=C(NCc1ccc(-n2cccn2)cc1)NCc1ccccc1CN1CCOCC1.I. The molecule has 32 heavy (non-hydrogen) atoms. The molecule has 1 aliphatic rings. The highest BCUT2D eigenvalue weighted by atomic mass is 127. The van der Waals surface area contributed by atoms with E-state index in [-0.39, 0.29) is 24.0 Å². The van der Waals surface area contributed by atoms with Crippen molar-refractivity contribution in [1.82, 2.24) is 25.3 Å². The number of halogens is 1. The molecule has 1 fully saturated rings. The van der Waals surface area contributed by atoms with Gasteiger partial charge in [-0.15, -0.1) is 24.0 Å². The number of morpholine rings is 1. The molecule has 1 aromatic heterocycles. The molecule has 0 aliphatic carbocycles. The van der Waals surface area contributed by atoms with Crippen LogP contribution >= 0.6 is 24.0 Å². The molecule has 4 rings (SSSR count). The minimum absolute atomic E-state index is 0. The second kappa shape index (κ2) is 12.6. The largest absolute Gasteiger partial charge is 0.379 e. The number of nitrogens with zero attached hydrogens (tertiary/aromatic N) is 4. The van der Waals surface area contributed by atoms with Gasteiger partial charge in [0.25, 0.3) is 0 Å². The molecular weight excluding hydrogens is 515 g/mol. The van der Waals surface area contributed by atoms with Gasteiger partial charge in [0.15, 0.2) is 5.96 Å². The molecule has 1 aliphatic heterocycles. The molecule has 0 bridgehead atoms. The fraction of sp³-hybridized carbons (Fsp3) is 0.333. The molecule has 0 atom stereocenters. The van der Waals surface area contributed by atoms with Crippen LogP contribution < -0.4 is 10.6 Å². The van der Waals surface area contributed by atoms with Crippen molar-refractivity contribution in [1.29, 1.82) is 0 Å². The van der Waals surface area contributed by atoms with Gasteiger partial charge in [0.05, 0.1) is 18.9 Å². The van der Waals surface area contributed by atoms with Crippen LogP contribution in [0.15, 0.2) is 72.0 Å². The summed E-state index contributed by atoms with van der Waals surface area (Å²) in [4.78, 5) is 6.82. The smallest absolute Gasteiger partial charge is 0.191 e. The van der Waals surface area contributed by atoms with Gasteiger partial charge in [0, 0.05) is 52.2 Å². The van der Waals surface area contributed by atoms with Gasteiger partial charge in [-0.05, 0) is 34.9 Å². The summed E-state index contributed by atoms with van der Waals surface area (Å²) in [6.07, 6.45) is 3.72. The molecule has 7 nitrogen and oxygen atoms in total. The van der Waals surface area contributed by atoms with Gasteiger partial charge in [-0.2, -0.15) is 5.10 Å². The minimum atomic E-state index is 0. The number of aromatic nitrogens is 2. The van der Waals surface area contributed by atoms with E-state index in [2.05, 4.69) is 74.2 Å². The van der Waals surface area contributed by atoms with E-state index in [4.69, 9.17) is 4.74 Å². The molecule has 0 saturated carbocycles. The predicted octanol–water partition coefficient (Wildman–Crippen LogP) is 3.19. The first-order valence-corrected chi connectivity index (χ1v) is 10.7. The Morgan fingerprint density at radius 1 is 0.969 bits per heavy atom. The van der Waals surface area contributed by atoms with E-state index in [0.29, 0.717) is 6.54 Å². The highest BCUT2D eigenvalue weighted by Crippen LogP contribution is 2.13. The van der Waals surface area contributed by atoms with Crippen LogP contribution in [0, 0.1) is 0 Å². The van der Waals surface area contributed by atoms with E-state index < -0.39 is 0 Å². The van der Waals surface area contributed by atoms with Crippen LogP contribution in [0.4, 0.5) is 0 Å². The first-order valence-electron chi connectivity index (χ1n) is 10.7. The van der Waals surface area contributed by atoms with Gasteiger partial charge in [-0.25, -0.2) is 4.68 Å².